The fourth-order valence-electron chi connectivity index (χ4n) is 2.05. The molecule has 0 spiro atoms. The van der Waals surface area contributed by atoms with Crippen LogP contribution in [-0.4, -0.2) is 40.4 Å². The fourth-order valence-corrected chi connectivity index (χ4v) is 3.96. The summed E-state index contributed by atoms with van der Waals surface area (Å²) in [4.78, 5) is -0.281. The second-order valence-corrected chi connectivity index (χ2v) is 7.30. The number of aliphatic hydroxyl groups excluding tert-OH is 1. The minimum atomic E-state index is -3.99. The molecule has 0 fully saturated rings. The maximum Gasteiger partial charge on any atom is 0.244 e. The molecule has 0 bridgehead atoms. The van der Waals surface area contributed by atoms with E-state index >= 15 is 0 Å². The van der Waals surface area contributed by atoms with E-state index in [1.165, 1.54) is 24.5 Å². The van der Waals surface area contributed by atoms with Gasteiger partial charge < -0.3 is 14.6 Å². The molecule has 9 heteroatoms. The van der Waals surface area contributed by atoms with E-state index in [0.717, 1.165) is 17.7 Å². The smallest absolute Gasteiger partial charge is 0.244 e. The third-order valence-corrected chi connectivity index (χ3v) is 5.35. The SMILES string of the molecule is COc1ccc(F)cc1S(=O)(=O)NCC(OCCO)c1ccsc1. The summed E-state index contributed by atoms with van der Waals surface area (Å²) in [5.41, 5.74) is 0.794. The van der Waals surface area contributed by atoms with Gasteiger partial charge in [-0.3, -0.25) is 0 Å². The van der Waals surface area contributed by atoms with Gasteiger partial charge in [0.05, 0.1) is 26.4 Å². The van der Waals surface area contributed by atoms with E-state index < -0.39 is 21.9 Å². The minimum Gasteiger partial charge on any atom is -0.495 e. The average molecular weight is 375 g/mol. The van der Waals surface area contributed by atoms with Gasteiger partial charge in [0.2, 0.25) is 10.0 Å². The Kier molecular flexibility index (Phi) is 6.69. The Balaban J connectivity index is 2.17. The first-order chi connectivity index (χ1) is 11.5. The lowest BCUT2D eigenvalue weighted by molar-refractivity contribution is 0.0311. The predicted molar refractivity (Wildman–Crippen MR) is 88.2 cm³/mol. The van der Waals surface area contributed by atoms with Crippen LogP contribution in [-0.2, 0) is 14.8 Å². The topological polar surface area (TPSA) is 84.9 Å². The number of hydrogen-bond acceptors (Lipinski definition) is 6. The van der Waals surface area contributed by atoms with Crippen LogP contribution in [0.1, 0.15) is 11.7 Å². The Hall–Kier alpha value is -1.52. The Morgan fingerprint density at radius 2 is 2.17 bits per heavy atom. The summed E-state index contributed by atoms with van der Waals surface area (Å²) in [5.74, 6) is -0.630. The monoisotopic (exact) mass is 375 g/mol. The molecule has 6 nitrogen and oxygen atoms in total. The van der Waals surface area contributed by atoms with Gasteiger partial charge >= 0.3 is 0 Å². The van der Waals surface area contributed by atoms with Crippen molar-refractivity contribution in [3.63, 3.8) is 0 Å². The molecular formula is C15H18FNO5S2. The summed E-state index contributed by atoms with van der Waals surface area (Å²) in [6.45, 7) is -0.157. The lowest BCUT2D eigenvalue weighted by atomic mass is 10.2. The summed E-state index contributed by atoms with van der Waals surface area (Å²) in [6.07, 6.45) is -0.558. The highest BCUT2D eigenvalue weighted by atomic mass is 32.2. The van der Waals surface area contributed by atoms with E-state index in [4.69, 9.17) is 14.6 Å². The number of nitrogens with one attached hydrogen (secondary N) is 1. The standard InChI is InChI=1S/C15H18FNO5S2/c1-21-13-3-2-12(16)8-15(13)24(19,20)17-9-14(22-6-5-18)11-4-7-23-10-11/h2-4,7-8,10,14,17-18H,5-6,9H2,1H3. The lowest BCUT2D eigenvalue weighted by Gasteiger charge is -2.18. The molecule has 24 heavy (non-hydrogen) atoms. The molecule has 2 rings (SSSR count). The van der Waals surface area contributed by atoms with E-state index in [9.17, 15) is 12.8 Å². The summed E-state index contributed by atoms with van der Waals surface area (Å²) in [6, 6.07) is 5.08. The van der Waals surface area contributed by atoms with Crippen molar-refractivity contribution < 1.29 is 27.4 Å². The van der Waals surface area contributed by atoms with Crippen LogP contribution in [0.15, 0.2) is 39.9 Å². The number of methoxy groups -OCH3 is 1. The number of sulfonamides is 1. The van der Waals surface area contributed by atoms with Crippen LogP contribution in [0.4, 0.5) is 4.39 Å². The molecule has 2 aromatic rings. The highest BCUT2D eigenvalue weighted by molar-refractivity contribution is 7.89. The molecule has 0 aliphatic heterocycles. The molecule has 2 N–H and O–H groups in total. The first-order valence-electron chi connectivity index (χ1n) is 7.05. The highest BCUT2D eigenvalue weighted by Crippen LogP contribution is 2.25. The second kappa shape index (κ2) is 8.54. The second-order valence-electron chi connectivity index (χ2n) is 4.79. The van der Waals surface area contributed by atoms with Crippen molar-refractivity contribution in [1.82, 2.24) is 4.72 Å². The van der Waals surface area contributed by atoms with Gasteiger partial charge in [0.1, 0.15) is 16.5 Å². The third-order valence-electron chi connectivity index (χ3n) is 3.20. The maximum absolute atomic E-state index is 13.4. The molecule has 0 saturated heterocycles. The molecule has 1 unspecified atom stereocenters. The predicted octanol–water partition coefficient (Wildman–Crippen LogP) is 1.92. The normalized spacial score (nSPS) is 13.0. The molecule has 0 radical (unpaired) electrons. The van der Waals surface area contributed by atoms with Gasteiger partial charge in [-0.1, -0.05) is 0 Å². The molecule has 1 aromatic carbocycles. The molecule has 1 atom stereocenters. The summed E-state index contributed by atoms with van der Waals surface area (Å²) in [7, 11) is -2.68. The Labute approximate surface area is 143 Å². The third kappa shape index (κ3) is 4.74. The van der Waals surface area contributed by atoms with Gasteiger partial charge in [0, 0.05) is 6.54 Å². The molecule has 0 aliphatic rings. The van der Waals surface area contributed by atoms with Crippen LogP contribution in [0.5, 0.6) is 5.75 Å². The van der Waals surface area contributed by atoms with E-state index in [-0.39, 0.29) is 30.4 Å². The van der Waals surface area contributed by atoms with Gasteiger partial charge in [-0.2, -0.15) is 11.3 Å². The minimum absolute atomic E-state index is 0.0484. The molecular weight excluding hydrogens is 357 g/mol. The number of hydrogen-bond donors (Lipinski definition) is 2. The number of aliphatic hydroxyl groups is 1. The molecule has 0 saturated carbocycles. The number of thiophene rings is 1. The quantitative estimate of drug-likeness (QED) is 0.700. The van der Waals surface area contributed by atoms with Crippen LogP contribution >= 0.6 is 11.3 Å². The van der Waals surface area contributed by atoms with Crippen LogP contribution < -0.4 is 9.46 Å². The van der Waals surface area contributed by atoms with Crippen molar-refractivity contribution in [3.05, 3.63) is 46.4 Å². The largest absolute Gasteiger partial charge is 0.495 e. The average Bonchev–Trinajstić information content (AvgIpc) is 3.09. The van der Waals surface area contributed by atoms with Crippen molar-refractivity contribution in [1.29, 1.82) is 0 Å². The van der Waals surface area contributed by atoms with Crippen molar-refractivity contribution in [2.75, 3.05) is 26.9 Å². The molecule has 0 aliphatic carbocycles. The van der Waals surface area contributed by atoms with Crippen molar-refractivity contribution >= 4 is 21.4 Å². The lowest BCUT2D eigenvalue weighted by Crippen LogP contribution is -2.30. The van der Waals surface area contributed by atoms with Gasteiger partial charge in [-0.05, 0) is 40.6 Å². The number of ether oxygens (including phenoxy) is 2. The zero-order valence-corrected chi connectivity index (χ0v) is 14.6. The van der Waals surface area contributed by atoms with E-state index in [1.54, 1.807) is 0 Å². The van der Waals surface area contributed by atoms with Crippen LogP contribution in [0.25, 0.3) is 0 Å². The van der Waals surface area contributed by atoms with E-state index in [2.05, 4.69) is 4.72 Å². The van der Waals surface area contributed by atoms with E-state index in [0.29, 0.717) is 0 Å². The Bertz CT molecular complexity index is 749. The van der Waals surface area contributed by atoms with Crippen LogP contribution in [0.3, 0.4) is 0 Å². The van der Waals surface area contributed by atoms with Crippen LogP contribution in [0.2, 0.25) is 0 Å². The van der Waals surface area contributed by atoms with Crippen molar-refractivity contribution in [2.24, 2.45) is 0 Å². The Morgan fingerprint density at radius 1 is 1.38 bits per heavy atom. The number of rotatable bonds is 9. The maximum atomic E-state index is 13.4. The van der Waals surface area contributed by atoms with Gasteiger partial charge in [0.25, 0.3) is 0 Å². The Morgan fingerprint density at radius 3 is 2.79 bits per heavy atom. The summed E-state index contributed by atoms with van der Waals surface area (Å²) in [5, 5.41) is 12.6. The van der Waals surface area contributed by atoms with Crippen molar-refractivity contribution in [2.45, 2.75) is 11.0 Å². The van der Waals surface area contributed by atoms with Gasteiger partial charge in [0.15, 0.2) is 0 Å². The summed E-state index contributed by atoms with van der Waals surface area (Å²) >= 11 is 1.45. The van der Waals surface area contributed by atoms with Gasteiger partial charge in [-0.25, -0.2) is 17.5 Å². The zero-order valence-electron chi connectivity index (χ0n) is 12.9. The number of benzene rings is 1. The molecule has 1 heterocycles. The molecule has 132 valence electrons. The van der Waals surface area contributed by atoms with Crippen molar-refractivity contribution in [3.8, 4) is 5.75 Å². The highest BCUT2D eigenvalue weighted by Gasteiger charge is 2.23. The summed E-state index contributed by atoms with van der Waals surface area (Å²) < 4.78 is 51.2. The first kappa shape index (κ1) is 18.8. The fraction of sp³-hybridized carbons (Fsp3) is 0.333. The van der Waals surface area contributed by atoms with Gasteiger partial charge in [-0.15, -0.1) is 0 Å². The zero-order chi connectivity index (χ0) is 17.6. The van der Waals surface area contributed by atoms with E-state index in [1.807, 2.05) is 16.8 Å². The first-order valence-corrected chi connectivity index (χ1v) is 9.48. The molecule has 1 aromatic heterocycles. The number of halogens is 1. The van der Waals surface area contributed by atoms with Crippen LogP contribution in [0, 0.1) is 5.82 Å². The molecule has 0 amide bonds.